The van der Waals surface area contributed by atoms with Crippen LogP contribution in [0.5, 0.6) is 5.75 Å². The Bertz CT molecular complexity index is 1180. The van der Waals surface area contributed by atoms with Gasteiger partial charge in [-0.15, -0.1) is 5.06 Å². The Balaban J connectivity index is 1.43. The van der Waals surface area contributed by atoms with Crippen molar-refractivity contribution in [3.05, 3.63) is 82.2 Å². The first-order valence-corrected chi connectivity index (χ1v) is 9.76. The topological polar surface area (TPSA) is 73.7 Å². The van der Waals surface area contributed by atoms with Gasteiger partial charge >= 0.3 is 0 Å². The fraction of sp³-hybridized carbons (Fsp3) is 0.208. The number of nitrogens with zero attached hydrogens (tertiary/aromatic N) is 3. The number of imide groups is 1. The Morgan fingerprint density at radius 2 is 1.61 bits per heavy atom. The van der Waals surface area contributed by atoms with Crippen molar-refractivity contribution in [1.29, 1.82) is 0 Å². The van der Waals surface area contributed by atoms with Gasteiger partial charge in [0.1, 0.15) is 12.4 Å². The maximum absolute atomic E-state index is 12.3. The molecule has 3 aromatic rings. The molecule has 0 saturated carbocycles. The van der Waals surface area contributed by atoms with Crippen LogP contribution in [0.1, 0.15) is 43.2 Å². The highest BCUT2D eigenvalue weighted by molar-refractivity contribution is 6.20. The molecule has 31 heavy (non-hydrogen) atoms. The molecule has 7 heteroatoms. The van der Waals surface area contributed by atoms with Crippen LogP contribution in [0.2, 0.25) is 0 Å². The zero-order valence-corrected chi connectivity index (χ0v) is 17.5. The zero-order chi connectivity index (χ0) is 22.0. The second-order valence-electron chi connectivity index (χ2n) is 7.08. The molecule has 0 N–H and O–H groups in total. The fourth-order valence-electron chi connectivity index (χ4n) is 3.44. The molecule has 2 aromatic carbocycles. The van der Waals surface area contributed by atoms with E-state index in [0.717, 1.165) is 33.3 Å². The molecule has 1 aromatic heterocycles. The van der Waals surface area contributed by atoms with Crippen LogP contribution in [0.3, 0.4) is 0 Å². The predicted molar refractivity (Wildman–Crippen MR) is 114 cm³/mol. The van der Waals surface area contributed by atoms with Gasteiger partial charge in [0.05, 0.1) is 41.7 Å². The summed E-state index contributed by atoms with van der Waals surface area (Å²) in [6.45, 7) is 4.38. The lowest BCUT2D eigenvalue weighted by Crippen LogP contribution is -2.30. The Labute approximate surface area is 180 Å². The van der Waals surface area contributed by atoms with Gasteiger partial charge in [-0.3, -0.25) is 14.3 Å². The van der Waals surface area contributed by atoms with E-state index in [1.165, 1.54) is 0 Å². The van der Waals surface area contributed by atoms with E-state index in [-0.39, 0.29) is 6.61 Å². The second-order valence-corrected chi connectivity index (χ2v) is 7.08. The largest absolute Gasteiger partial charge is 0.497 e. The number of carbonyl (C=O) groups excluding carboxylic acids is 2. The number of carbonyl (C=O) groups is 2. The van der Waals surface area contributed by atoms with E-state index in [2.05, 4.69) is 16.9 Å². The molecule has 4 rings (SSSR count). The number of amides is 2. The molecule has 0 aliphatic carbocycles. The number of methoxy groups -OCH3 is 1. The van der Waals surface area contributed by atoms with Crippen LogP contribution < -0.4 is 4.74 Å². The van der Waals surface area contributed by atoms with Gasteiger partial charge < -0.3 is 4.74 Å². The van der Waals surface area contributed by atoms with E-state index in [4.69, 9.17) is 9.57 Å². The van der Waals surface area contributed by atoms with E-state index in [1.807, 2.05) is 42.8 Å². The van der Waals surface area contributed by atoms with Crippen LogP contribution in [0.4, 0.5) is 0 Å². The van der Waals surface area contributed by atoms with Crippen LogP contribution in [0.25, 0.3) is 0 Å². The third kappa shape index (κ3) is 3.93. The predicted octanol–water partition coefficient (Wildman–Crippen LogP) is 3.14. The van der Waals surface area contributed by atoms with Gasteiger partial charge in [0.2, 0.25) is 0 Å². The zero-order valence-electron chi connectivity index (χ0n) is 17.5. The number of hydrogen-bond acceptors (Lipinski definition) is 5. The molecule has 1 aliphatic rings. The van der Waals surface area contributed by atoms with Gasteiger partial charge in [0, 0.05) is 0 Å². The van der Waals surface area contributed by atoms with Crippen LogP contribution in [-0.4, -0.2) is 40.4 Å². The molecular formula is C24H21N3O4. The lowest BCUT2D eigenvalue weighted by Gasteiger charge is -2.10. The molecule has 0 unspecified atom stereocenters. The van der Waals surface area contributed by atoms with Crippen molar-refractivity contribution < 1.29 is 19.2 Å². The average Bonchev–Trinajstić information content (AvgIpc) is 3.19. The van der Waals surface area contributed by atoms with Gasteiger partial charge in [-0.05, 0) is 43.7 Å². The fourth-order valence-corrected chi connectivity index (χ4v) is 3.44. The Kier molecular flexibility index (Phi) is 5.56. The van der Waals surface area contributed by atoms with Crippen LogP contribution in [0, 0.1) is 25.7 Å². The molecule has 0 fully saturated rings. The summed E-state index contributed by atoms with van der Waals surface area (Å²) in [6, 6.07) is 14.5. The maximum Gasteiger partial charge on any atom is 0.285 e. The molecule has 156 valence electrons. The monoisotopic (exact) mass is 415 g/mol. The molecular weight excluding hydrogens is 394 g/mol. The molecule has 7 nitrogen and oxygen atoms in total. The third-order valence-corrected chi connectivity index (χ3v) is 5.11. The van der Waals surface area contributed by atoms with E-state index in [0.29, 0.717) is 17.7 Å². The molecule has 2 heterocycles. The number of rotatable bonds is 5. The average molecular weight is 415 g/mol. The number of aryl methyl sites for hydroxylation is 1. The van der Waals surface area contributed by atoms with Crippen molar-refractivity contribution in [2.75, 3.05) is 13.7 Å². The van der Waals surface area contributed by atoms with Gasteiger partial charge in [0.15, 0.2) is 0 Å². The van der Waals surface area contributed by atoms with Crippen molar-refractivity contribution in [3.63, 3.8) is 0 Å². The summed E-state index contributed by atoms with van der Waals surface area (Å²) in [6.07, 6.45) is 0. The Morgan fingerprint density at radius 1 is 0.968 bits per heavy atom. The quantitative estimate of drug-likeness (QED) is 0.473. The van der Waals surface area contributed by atoms with Crippen molar-refractivity contribution in [1.82, 2.24) is 14.8 Å². The van der Waals surface area contributed by atoms with Crippen molar-refractivity contribution in [3.8, 4) is 17.6 Å². The Morgan fingerprint density at radius 3 is 2.23 bits per heavy atom. The summed E-state index contributed by atoms with van der Waals surface area (Å²) >= 11 is 0. The summed E-state index contributed by atoms with van der Waals surface area (Å²) in [5.74, 6) is 5.80. The highest BCUT2D eigenvalue weighted by Crippen LogP contribution is 2.22. The molecule has 0 spiro atoms. The molecule has 0 saturated heterocycles. The van der Waals surface area contributed by atoms with E-state index in [1.54, 1.807) is 31.4 Å². The summed E-state index contributed by atoms with van der Waals surface area (Å²) in [4.78, 5) is 30.0. The van der Waals surface area contributed by atoms with Crippen molar-refractivity contribution >= 4 is 11.8 Å². The van der Waals surface area contributed by atoms with Gasteiger partial charge in [-0.2, -0.15) is 5.10 Å². The summed E-state index contributed by atoms with van der Waals surface area (Å²) in [7, 11) is 1.64. The molecule has 2 amide bonds. The third-order valence-electron chi connectivity index (χ3n) is 5.11. The van der Waals surface area contributed by atoms with Gasteiger partial charge in [-0.25, -0.2) is 4.84 Å². The van der Waals surface area contributed by atoms with Crippen molar-refractivity contribution in [2.24, 2.45) is 0 Å². The molecule has 0 bridgehead atoms. The van der Waals surface area contributed by atoms with Crippen LogP contribution in [0.15, 0.2) is 48.5 Å². The SMILES string of the molecule is COc1ccc(Cn2nc(C)c(C#CCON3C(=O)c4ccccc4C3=O)c2C)cc1. The van der Waals surface area contributed by atoms with E-state index in [9.17, 15) is 9.59 Å². The number of ether oxygens (including phenoxy) is 1. The normalized spacial score (nSPS) is 12.5. The van der Waals surface area contributed by atoms with E-state index >= 15 is 0 Å². The number of hydroxylamine groups is 2. The number of hydrogen-bond donors (Lipinski definition) is 0. The van der Waals surface area contributed by atoms with E-state index < -0.39 is 11.8 Å². The minimum atomic E-state index is -0.470. The molecule has 1 aliphatic heterocycles. The lowest BCUT2D eigenvalue weighted by atomic mass is 10.1. The maximum atomic E-state index is 12.3. The first-order chi connectivity index (χ1) is 15.0. The highest BCUT2D eigenvalue weighted by atomic mass is 16.7. The number of aromatic nitrogens is 2. The van der Waals surface area contributed by atoms with Crippen molar-refractivity contribution in [2.45, 2.75) is 20.4 Å². The second kappa shape index (κ2) is 8.46. The summed E-state index contributed by atoms with van der Waals surface area (Å²) < 4.78 is 7.09. The molecule has 0 atom stereocenters. The highest BCUT2D eigenvalue weighted by Gasteiger charge is 2.36. The summed E-state index contributed by atoms with van der Waals surface area (Å²) in [5.41, 5.74) is 4.32. The summed E-state index contributed by atoms with van der Waals surface area (Å²) in [5, 5.41) is 5.35. The van der Waals surface area contributed by atoms with Gasteiger partial charge in [-0.1, -0.05) is 36.1 Å². The van der Waals surface area contributed by atoms with Crippen LogP contribution >= 0.6 is 0 Å². The Hall–Kier alpha value is -3.89. The number of fused-ring (bicyclic) bond motifs is 1. The lowest BCUT2D eigenvalue weighted by molar-refractivity contribution is -0.0782. The minimum absolute atomic E-state index is 0.0893. The first kappa shape index (κ1) is 20.4. The minimum Gasteiger partial charge on any atom is -0.497 e. The first-order valence-electron chi connectivity index (χ1n) is 9.76. The number of benzene rings is 2. The molecule has 0 radical (unpaired) electrons. The standard InChI is InChI=1S/C24H21N3O4/c1-16-20(17(2)26(25-16)15-18-10-12-19(30-3)13-11-18)9-6-14-31-27-23(28)21-7-4-5-8-22(21)24(27)29/h4-5,7-8,10-13H,14-15H2,1-3H3. The van der Waals surface area contributed by atoms with Gasteiger partial charge in [0.25, 0.3) is 11.8 Å². The van der Waals surface area contributed by atoms with Crippen LogP contribution in [-0.2, 0) is 11.4 Å². The smallest absolute Gasteiger partial charge is 0.285 e.